The molecule has 2 rings (SSSR count). The Bertz CT molecular complexity index is 378. The number of likely N-dealkylation sites (tertiary alicyclic amines) is 1. The second-order valence-electron chi connectivity index (χ2n) is 5.25. The number of carbonyl (C=O) groups is 1. The predicted molar refractivity (Wildman–Crippen MR) is 72.9 cm³/mol. The molecule has 1 fully saturated rings. The third kappa shape index (κ3) is 4.35. The Kier molecular flexibility index (Phi) is 5.39. The van der Waals surface area contributed by atoms with Gasteiger partial charge in [0.25, 0.3) is 0 Å². The maximum Gasteiger partial charge on any atom is 0.320 e. The minimum Gasteiger partial charge on any atom is -0.480 e. The van der Waals surface area contributed by atoms with Gasteiger partial charge in [0.05, 0.1) is 6.33 Å². The van der Waals surface area contributed by atoms with Crippen molar-refractivity contribution < 1.29 is 9.90 Å². The smallest absolute Gasteiger partial charge is 0.320 e. The van der Waals surface area contributed by atoms with E-state index in [0.29, 0.717) is 0 Å². The SMILES string of the molecule is O=C(O)C1CCCCCCN1CCCn1ccnc1. The average Bonchev–Trinajstić information content (AvgIpc) is 2.84. The van der Waals surface area contributed by atoms with Crippen LogP contribution in [0.2, 0.25) is 0 Å². The highest BCUT2D eigenvalue weighted by Gasteiger charge is 2.25. The van der Waals surface area contributed by atoms with Crippen molar-refractivity contribution >= 4 is 5.97 Å². The first kappa shape index (κ1) is 14.1. The zero-order valence-electron chi connectivity index (χ0n) is 11.4. The van der Waals surface area contributed by atoms with Crippen molar-refractivity contribution in [3.8, 4) is 0 Å². The average molecular weight is 265 g/mol. The summed E-state index contributed by atoms with van der Waals surface area (Å²) in [5.41, 5.74) is 0. The molecule has 0 amide bonds. The van der Waals surface area contributed by atoms with E-state index in [9.17, 15) is 9.90 Å². The number of aryl methyl sites for hydroxylation is 1. The van der Waals surface area contributed by atoms with Crippen LogP contribution in [0.1, 0.15) is 38.5 Å². The van der Waals surface area contributed by atoms with Crippen molar-refractivity contribution in [2.45, 2.75) is 51.1 Å². The Morgan fingerprint density at radius 3 is 2.84 bits per heavy atom. The minimum atomic E-state index is -0.662. The Morgan fingerprint density at radius 2 is 2.11 bits per heavy atom. The second-order valence-corrected chi connectivity index (χ2v) is 5.25. The number of nitrogens with zero attached hydrogens (tertiary/aromatic N) is 3. The summed E-state index contributed by atoms with van der Waals surface area (Å²) in [5, 5.41) is 9.35. The zero-order valence-corrected chi connectivity index (χ0v) is 11.4. The highest BCUT2D eigenvalue weighted by molar-refractivity contribution is 5.73. The summed E-state index contributed by atoms with van der Waals surface area (Å²) in [6.07, 6.45) is 11.8. The summed E-state index contributed by atoms with van der Waals surface area (Å²) in [6.45, 7) is 2.68. The van der Waals surface area contributed by atoms with Gasteiger partial charge in [-0.2, -0.15) is 0 Å². The third-order valence-corrected chi connectivity index (χ3v) is 3.82. The van der Waals surface area contributed by atoms with E-state index in [0.717, 1.165) is 45.3 Å². The summed E-state index contributed by atoms with van der Waals surface area (Å²) in [4.78, 5) is 17.5. The lowest BCUT2D eigenvalue weighted by Crippen LogP contribution is -2.43. The predicted octanol–water partition coefficient (Wildman–Crippen LogP) is 1.99. The lowest BCUT2D eigenvalue weighted by Gasteiger charge is -2.30. The van der Waals surface area contributed by atoms with Gasteiger partial charge in [-0.1, -0.05) is 19.3 Å². The molecule has 0 aliphatic carbocycles. The van der Waals surface area contributed by atoms with E-state index in [1.54, 1.807) is 6.20 Å². The molecule has 0 bridgehead atoms. The quantitative estimate of drug-likeness (QED) is 0.884. The summed E-state index contributed by atoms with van der Waals surface area (Å²) in [5.74, 6) is -0.662. The van der Waals surface area contributed by atoms with Gasteiger partial charge in [-0.15, -0.1) is 0 Å². The number of carboxylic acids is 1. The molecule has 19 heavy (non-hydrogen) atoms. The van der Waals surface area contributed by atoms with Crippen LogP contribution in [0.15, 0.2) is 18.7 Å². The van der Waals surface area contributed by atoms with E-state index in [1.165, 1.54) is 12.8 Å². The number of rotatable bonds is 5. The molecule has 1 aromatic heterocycles. The van der Waals surface area contributed by atoms with Gasteiger partial charge in [0.1, 0.15) is 6.04 Å². The van der Waals surface area contributed by atoms with E-state index < -0.39 is 5.97 Å². The maximum atomic E-state index is 11.4. The minimum absolute atomic E-state index is 0.289. The molecule has 1 aliphatic heterocycles. The highest BCUT2D eigenvalue weighted by atomic mass is 16.4. The Balaban J connectivity index is 1.84. The number of imidazole rings is 1. The van der Waals surface area contributed by atoms with Crippen molar-refractivity contribution in [2.24, 2.45) is 0 Å². The van der Waals surface area contributed by atoms with E-state index in [2.05, 4.69) is 9.88 Å². The Hall–Kier alpha value is -1.36. The molecule has 0 saturated carbocycles. The number of carboxylic acid groups (broad SMARTS) is 1. The van der Waals surface area contributed by atoms with E-state index in [4.69, 9.17) is 0 Å². The van der Waals surface area contributed by atoms with E-state index in [-0.39, 0.29) is 6.04 Å². The van der Waals surface area contributed by atoms with Crippen LogP contribution >= 0.6 is 0 Å². The van der Waals surface area contributed by atoms with Gasteiger partial charge in [0, 0.05) is 25.5 Å². The van der Waals surface area contributed by atoms with Crippen molar-refractivity contribution in [1.29, 1.82) is 0 Å². The zero-order chi connectivity index (χ0) is 13.5. The Morgan fingerprint density at radius 1 is 1.26 bits per heavy atom. The largest absolute Gasteiger partial charge is 0.480 e. The molecule has 5 heteroatoms. The summed E-state index contributed by atoms with van der Waals surface area (Å²) >= 11 is 0. The number of aromatic nitrogens is 2. The first-order chi connectivity index (χ1) is 9.27. The molecule has 0 aromatic carbocycles. The van der Waals surface area contributed by atoms with Crippen molar-refractivity contribution in [1.82, 2.24) is 14.5 Å². The van der Waals surface area contributed by atoms with Gasteiger partial charge in [-0.05, 0) is 25.8 Å². The number of hydrogen-bond acceptors (Lipinski definition) is 3. The topological polar surface area (TPSA) is 58.4 Å². The molecule has 1 atom stereocenters. The van der Waals surface area contributed by atoms with Crippen molar-refractivity contribution in [3.63, 3.8) is 0 Å². The first-order valence-electron chi connectivity index (χ1n) is 7.20. The molecule has 1 saturated heterocycles. The molecule has 2 heterocycles. The summed E-state index contributed by atoms with van der Waals surface area (Å²) in [7, 11) is 0. The molecule has 0 spiro atoms. The standard InChI is InChI=1S/C14H23N3O2/c18-14(19)13-6-3-1-2-4-9-17(13)10-5-8-16-11-7-15-12-16/h7,11-13H,1-6,8-10H2,(H,18,19). The van der Waals surface area contributed by atoms with Crippen LogP contribution < -0.4 is 0 Å². The second kappa shape index (κ2) is 7.28. The van der Waals surface area contributed by atoms with Gasteiger partial charge >= 0.3 is 5.97 Å². The number of hydrogen-bond donors (Lipinski definition) is 1. The first-order valence-corrected chi connectivity index (χ1v) is 7.20. The van der Waals surface area contributed by atoms with E-state index >= 15 is 0 Å². The van der Waals surface area contributed by atoms with Crippen LogP contribution in [-0.4, -0.2) is 44.7 Å². The molecule has 1 unspecified atom stereocenters. The molecular weight excluding hydrogens is 242 g/mol. The van der Waals surface area contributed by atoms with Crippen LogP contribution in [0.3, 0.4) is 0 Å². The molecule has 1 N–H and O–H groups in total. The molecular formula is C14H23N3O2. The van der Waals surface area contributed by atoms with Crippen LogP contribution in [-0.2, 0) is 11.3 Å². The van der Waals surface area contributed by atoms with E-state index in [1.807, 2.05) is 17.1 Å². The fourth-order valence-electron chi connectivity index (χ4n) is 2.77. The molecule has 1 aromatic rings. The Labute approximate surface area is 114 Å². The molecule has 0 radical (unpaired) electrons. The van der Waals surface area contributed by atoms with Crippen molar-refractivity contribution in [3.05, 3.63) is 18.7 Å². The van der Waals surface area contributed by atoms with Crippen LogP contribution in [0, 0.1) is 0 Å². The highest BCUT2D eigenvalue weighted by Crippen LogP contribution is 2.17. The van der Waals surface area contributed by atoms with Gasteiger partial charge in [-0.3, -0.25) is 9.69 Å². The maximum absolute atomic E-state index is 11.4. The van der Waals surface area contributed by atoms with Gasteiger partial charge in [0.2, 0.25) is 0 Å². The van der Waals surface area contributed by atoms with Gasteiger partial charge in [0.15, 0.2) is 0 Å². The number of aliphatic carboxylic acids is 1. The van der Waals surface area contributed by atoms with Gasteiger partial charge in [-0.25, -0.2) is 4.98 Å². The van der Waals surface area contributed by atoms with Crippen molar-refractivity contribution in [2.75, 3.05) is 13.1 Å². The third-order valence-electron chi connectivity index (χ3n) is 3.82. The molecule has 5 nitrogen and oxygen atoms in total. The normalized spacial score (nSPS) is 21.8. The van der Waals surface area contributed by atoms with Crippen LogP contribution in [0.4, 0.5) is 0 Å². The monoisotopic (exact) mass is 265 g/mol. The fourth-order valence-corrected chi connectivity index (χ4v) is 2.77. The lowest BCUT2D eigenvalue weighted by molar-refractivity contribution is -0.144. The molecule has 106 valence electrons. The fraction of sp³-hybridized carbons (Fsp3) is 0.714. The lowest BCUT2D eigenvalue weighted by atomic mass is 10.0. The summed E-state index contributed by atoms with van der Waals surface area (Å²) in [6, 6.07) is -0.289. The summed E-state index contributed by atoms with van der Waals surface area (Å²) < 4.78 is 2.04. The molecule has 1 aliphatic rings. The van der Waals surface area contributed by atoms with Gasteiger partial charge < -0.3 is 9.67 Å². The van der Waals surface area contributed by atoms with Crippen LogP contribution in [0.5, 0.6) is 0 Å². The van der Waals surface area contributed by atoms with Crippen LogP contribution in [0.25, 0.3) is 0 Å².